The molecular weight excluding hydrogens is 444 g/mol. The number of aliphatic hydroxyl groups is 1. The Hall–Kier alpha value is -2.26. The highest BCUT2D eigenvalue weighted by Gasteiger charge is 2.56. The van der Waals surface area contributed by atoms with Gasteiger partial charge in [-0.1, -0.05) is 90.3 Å². The summed E-state index contributed by atoms with van der Waals surface area (Å²) in [5.74, 6) is 3.38. The molecule has 36 heavy (non-hydrogen) atoms. The molecule has 1 fully saturated rings. The van der Waals surface area contributed by atoms with Crippen LogP contribution in [-0.2, 0) is 5.41 Å². The van der Waals surface area contributed by atoms with Gasteiger partial charge in [0.05, 0.1) is 20.8 Å². The van der Waals surface area contributed by atoms with E-state index >= 15 is 0 Å². The van der Waals surface area contributed by atoms with Gasteiger partial charge in [-0.3, -0.25) is 0 Å². The van der Waals surface area contributed by atoms with Crippen molar-refractivity contribution in [2.24, 2.45) is 17.3 Å². The molecule has 2 aromatic rings. The Morgan fingerprint density at radius 1 is 1.03 bits per heavy atom. The summed E-state index contributed by atoms with van der Waals surface area (Å²) in [6.07, 6.45) is 8.27. The molecule has 0 spiro atoms. The minimum atomic E-state index is -0.103. The van der Waals surface area contributed by atoms with Crippen molar-refractivity contribution in [2.75, 3.05) is 20.8 Å². The third-order valence-corrected chi connectivity index (χ3v) is 9.59. The summed E-state index contributed by atoms with van der Waals surface area (Å²) >= 11 is 0. The Morgan fingerprint density at radius 2 is 1.67 bits per heavy atom. The first-order valence-corrected chi connectivity index (χ1v) is 13.8. The van der Waals surface area contributed by atoms with Crippen LogP contribution in [0.4, 0.5) is 0 Å². The lowest BCUT2D eigenvalue weighted by molar-refractivity contribution is -0.0260. The van der Waals surface area contributed by atoms with Crippen molar-refractivity contribution >= 4 is 0 Å². The number of rotatable bonds is 11. The first-order chi connectivity index (χ1) is 17.2. The lowest BCUT2D eigenvalue weighted by atomic mass is 9.45. The normalized spacial score (nSPS) is 23.4. The summed E-state index contributed by atoms with van der Waals surface area (Å²) in [5.41, 5.74) is 5.01. The SMILES string of the molecule is CCCCC[C@@H](c1ccccc1)C(C)(C)c1cc(OC)c([C@H]2C=C(CO)[C@H]3C[C@@H]2C3(C)C)c(OC)c1. The van der Waals surface area contributed by atoms with Crippen LogP contribution in [0, 0.1) is 17.3 Å². The Morgan fingerprint density at radius 3 is 2.19 bits per heavy atom. The molecule has 3 aliphatic rings. The largest absolute Gasteiger partial charge is 0.496 e. The summed E-state index contributed by atoms with van der Waals surface area (Å²) in [7, 11) is 3.55. The molecule has 3 heteroatoms. The van der Waals surface area contributed by atoms with Gasteiger partial charge in [-0.25, -0.2) is 0 Å². The van der Waals surface area contributed by atoms with E-state index in [-0.39, 0.29) is 23.4 Å². The molecule has 0 heterocycles. The van der Waals surface area contributed by atoms with Crippen LogP contribution in [0.1, 0.15) is 95.2 Å². The average molecular weight is 491 g/mol. The molecule has 0 unspecified atom stereocenters. The smallest absolute Gasteiger partial charge is 0.126 e. The minimum absolute atomic E-state index is 0.103. The van der Waals surface area contributed by atoms with E-state index in [0.717, 1.165) is 29.9 Å². The molecule has 196 valence electrons. The van der Waals surface area contributed by atoms with E-state index in [0.29, 0.717) is 17.8 Å². The molecule has 0 saturated heterocycles. The van der Waals surface area contributed by atoms with E-state index in [9.17, 15) is 5.11 Å². The summed E-state index contributed by atoms with van der Waals surface area (Å²) in [5, 5.41) is 10.1. The van der Waals surface area contributed by atoms with Gasteiger partial charge in [-0.15, -0.1) is 0 Å². The molecule has 2 aromatic carbocycles. The fourth-order valence-corrected chi connectivity index (χ4v) is 7.18. The maximum atomic E-state index is 10.1. The maximum Gasteiger partial charge on any atom is 0.126 e. The lowest BCUT2D eigenvalue weighted by Crippen LogP contribution is -2.51. The van der Waals surface area contributed by atoms with Crippen LogP contribution in [-0.4, -0.2) is 25.9 Å². The Bertz CT molecular complexity index is 1040. The van der Waals surface area contributed by atoms with Crippen LogP contribution < -0.4 is 9.47 Å². The van der Waals surface area contributed by atoms with Crippen LogP contribution in [0.3, 0.4) is 0 Å². The first kappa shape index (κ1) is 26.8. The molecule has 2 bridgehead atoms. The van der Waals surface area contributed by atoms with Crippen molar-refractivity contribution in [3.63, 3.8) is 0 Å². The molecule has 5 rings (SSSR count). The van der Waals surface area contributed by atoms with Crippen molar-refractivity contribution < 1.29 is 14.6 Å². The topological polar surface area (TPSA) is 38.7 Å². The molecule has 0 aliphatic heterocycles. The molecule has 0 radical (unpaired) electrons. The Labute approximate surface area is 218 Å². The highest BCUT2D eigenvalue weighted by molar-refractivity contribution is 5.55. The van der Waals surface area contributed by atoms with Crippen LogP contribution in [0.25, 0.3) is 0 Å². The van der Waals surface area contributed by atoms with E-state index in [1.165, 1.54) is 36.0 Å². The second-order valence-electron chi connectivity index (χ2n) is 12.1. The van der Waals surface area contributed by atoms with E-state index in [1.54, 1.807) is 14.2 Å². The average Bonchev–Trinajstić information content (AvgIpc) is 2.89. The molecule has 4 atom stereocenters. The van der Waals surface area contributed by atoms with E-state index in [1.807, 2.05) is 0 Å². The number of unbranched alkanes of at least 4 members (excludes halogenated alkanes) is 2. The predicted octanol–water partition coefficient (Wildman–Crippen LogP) is 8.02. The fourth-order valence-electron chi connectivity index (χ4n) is 7.18. The summed E-state index contributed by atoms with van der Waals surface area (Å²) in [6, 6.07) is 15.5. The van der Waals surface area contributed by atoms with Crippen molar-refractivity contribution in [3.8, 4) is 11.5 Å². The number of ether oxygens (including phenoxy) is 2. The predicted molar refractivity (Wildman–Crippen MR) is 149 cm³/mol. The van der Waals surface area contributed by atoms with Gasteiger partial charge in [0.25, 0.3) is 0 Å². The molecular formula is C33H46O3. The van der Waals surface area contributed by atoms with Crippen LogP contribution in [0.15, 0.2) is 54.1 Å². The van der Waals surface area contributed by atoms with Gasteiger partial charge in [0.15, 0.2) is 0 Å². The quantitative estimate of drug-likeness (QED) is 0.256. The lowest BCUT2D eigenvalue weighted by Gasteiger charge is -2.59. The number of benzene rings is 2. The molecule has 0 aromatic heterocycles. The van der Waals surface area contributed by atoms with Gasteiger partial charge in [0.2, 0.25) is 0 Å². The van der Waals surface area contributed by atoms with E-state index < -0.39 is 0 Å². The Kier molecular flexibility index (Phi) is 7.90. The van der Waals surface area contributed by atoms with Crippen LogP contribution >= 0.6 is 0 Å². The number of hydrogen-bond acceptors (Lipinski definition) is 3. The first-order valence-electron chi connectivity index (χ1n) is 13.8. The molecule has 3 nitrogen and oxygen atoms in total. The van der Waals surface area contributed by atoms with Crippen LogP contribution in [0.5, 0.6) is 11.5 Å². The standard InChI is InChI=1S/C33H46O3/c1-8-9-11-16-26(22-14-12-10-13-15-22)32(2,3)24-18-29(35-6)31(30(19-24)36-7)25-17-23(21-34)27-20-28(25)33(27,4)5/h10,12-15,17-19,25-28,34H,8-9,11,16,20-21H2,1-7H3/t25-,26-,27+,28-/m0/s1. The number of allylic oxidation sites excluding steroid dienone is 1. The molecule has 1 saturated carbocycles. The van der Waals surface area contributed by atoms with Crippen molar-refractivity contribution in [1.29, 1.82) is 0 Å². The summed E-state index contributed by atoms with van der Waals surface area (Å²) in [4.78, 5) is 0. The summed E-state index contributed by atoms with van der Waals surface area (Å²) < 4.78 is 12.2. The number of methoxy groups -OCH3 is 2. The van der Waals surface area contributed by atoms with E-state index in [2.05, 4.69) is 83.2 Å². The highest BCUT2D eigenvalue weighted by Crippen LogP contribution is 2.65. The second-order valence-corrected chi connectivity index (χ2v) is 12.1. The van der Waals surface area contributed by atoms with Crippen molar-refractivity contribution in [3.05, 3.63) is 70.8 Å². The van der Waals surface area contributed by atoms with Gasteiger partial charge in [-0.2, -0.15) is 0 Å². The van der Waals surface area contributed by atoms with Crippen molar-refractivity contribution in [1.82, 2.24) is 0 Å². The maximum absolute atomic E-state index is 10.1. The minimum Gasteiger partial charge on any atom is -0.496 e. The zero-order valence-corrected chi connectivity index (χ0v) is 23.4. The zero-order chi connectivity index (χ0) is 26.1. The third kappa shape index (κ3) is 4.60. The van der Waals surface area contributed by atoms with Crippen LogP contribution in [0.2, 0.25) is 0 Å². The molecule has 3 aliphatic carbocycles. The van der Waals surface area contributed by atoms with Crippen molar-refractivity contribution in [2.45, 2.75) is 84.0 Å². The zero-order valence-electron chi connectivity index (χ0n) is 23.4. The van der Waals surface area contributed by atoms with E-state index in [4.69, 9.17) is 9.47 Å². The van der Waals surface area contributed by atoms with Gasteiger partial charge >= 0.3 is 0 Å². The molecule has 1 N–H and O–H groups in total. The summed E-state index contributed by atoms with van der Waals surface area (Å²) in [6.45, 7) is 11.8. The fraction of sp³-hybridized carbons (Fsp3) is 0.576. The highest BCUT2D eigenvalue weighted by atomic mass is 16.5. The monoisotopic (exact) mass is 490 g/mol. The second kappa shape index (κ2) is 10.6. The Balaban J connectivity index is 1.79. The van der Waals surface area contributed by atoms with Gasteiger partial charge < -0.3 is 14.6 Å². The van der Waals surface area contributed by atoms with Gasteiger partial charge in [-0.05, 0) is 70.3 Å². The number of hydrogen-bond donors (Lipinski definition) is 1. The van der Waals surface area contributed by atoms with Gasteiger partial charge in [0, 0.05) is 11.5 Å². The third-order valence-electron chi connectivity index (χ3n) is 9.59. The van der Waals surface area contributed by atoms with Gasteiger partial charge in [0.1, 0.15) is 11.5 Å². The number of aliphatic hydroxyl groups excluding tert-OH is 1. The molecule has 0 amide bonds. The number of fused-ring (bicyclic) bond motifs is 1.